The van der Waals surface area contributed by atoms with E-state index >= 15 is 0 Å². The third-order valence-electron chi connectivity index (χ3n) is 3.33. The number of nitrogens with one attached hydrogen (secondary N) is 2. The van der Waals surface area contributed by atoms with Gasteiger partial charge in [-0.15, -0.1) is 0 Å². The van der Waals surface area contributed by atoms with Crippen molar-refractivity contribution in [2.24, 2.45) is 11.8 Å². The fourth-order valence-electron chi connectivity index (χ4n) is 1.92. The zero-order valence-corrected chi connectivity index (χ0v) is 9.40. The first-order chi connectivity index (χ1) is 7.56. The molecule has 0 heterocycles. The van der Waals surface area contributed by atoms with Crippen molar-refractivity contribution >= 4 is 12.0 Å². The van der Waals surface area contributed by atoms with Gasteiger partial charge in [-0.2, -0.15) is 0 Å². The summed E-state index contributed by atoms with van der Waals surface area (Å²) in [6, 6.07) is -0.135. The Morgan fingerprint density at radius 2 is 2.06 bits per heavy atom. The second-order valence-electron chi connectivity index (χ2n) is 4.98. The van der Waals surface area contributed by atoms with Gasteiger partial charge in [-0.25, -0.2) is 4.79 Å². The molecule has 3 N–H and O–H groups in total. The van der Waals surface area contributed by atoms with Gasteiger partial charge < -0.3 is 15.7 Å². The maximum absolute atomic E-state index is 11.5. The van der Waals surface area contributed by atoms with Crippen LogP contribution in [0.4, 0.5) is 4.79 Å². The van der Waals surface area contributed by atoms with Crippen LogP contribution in [0.3, 0.4) is 0 Å². The quantitative estimate of drug-likeness (QED) is 0.653. The third-order valence-corrected chi connectivity index (χ3v) is 3.33. The topological polar surface area (TPSA) is 78.4 Å². The second-order valence-corrected chi connectivity index (χ2v) is 4.98. The maximum Gasteiger partial charge on any atom is 0.315 e. The van der Waals surface area contributed by atoms with Crippen LogP contribution >= 0.6 is 0 Å². The number of aliphatic carboxylic acids is 1. The van der Waals surface area contributed by atoms with E-state index in [0.717, 1.165) is 19.3 Å². The summed E-state index contributed by atoms with van der Waals surface area (Å²) in [5, 5.41) is 14.4. The lowest BCUT2D eigenvalue weighted by Gasteiger charge is -2.16. The van der Waals surface area contributed by atoms with Gasteiger partial charge in [0, 0.05) is 12.1 Å². The van der Waals surface area contributed by atoms with Crippen molar-refractivity contribution in [1.29, 1.82) is 0 Å². The van der Waals surface area contributed by atoms with E-state index in [0.29, 0.717) is 11.8 Å². The summed E-state index contributed by atoms with van der Waals surface area (Å²) in [6.45, 7) is 2.08. The summed E-state index contributed by atoms with van der Waals surface area (Å²) in [4.78, 5) is 22.2. The second kappa shape index (κ2) is 4.31. The van der Waals surface area contributed by atoms with Crippen LogP contribution in [0.15, 0.2) is 0 Å². The van der Waals surface area contributed by atoms with Crippen molar-refractivity contribution in [3.05, 3.63) is 0 Å². The van der Waals surface area contributed by atoms with E-state index in [1.807, 2.05) is 0 Å². The van der Waals surface area contributed by atoms with Crippen molar-refractivity contribution in [2.45, 2.75) is 44.7 Å². The van der Waals surface area contributed by atoms with Gasteiger partial charge in [-0.1, -0.05) is 6.92 Å². The average molecular weight is 226 g/mol. The number of carbonyl (C=O) groups is 2. The maximum atomic E-state index is 11.5. The van der Waals surface area contributed by atoms with E-state index in [2.05, 4.69) is 17.6 Å². The van der Waals surface area contributed by atoms with Gasteiger partial charge in [0.05, 0.1) is 6.42 Å². The van der Waals surface area contributed by atoms with Crippen LogP contribution in [0.5, 0.6) is 0 Å². The van der Waals surface area contributed by atoms with Crippen LogP contribution < -0.4 is 10.6 Å². The largest absolute Gasteiger partial charge is 0.481 e. The SMILES string of the molecule is CC1CC1NC(=O)NC(CC(=O)O)C1CC1. The number of carboxylic acid groups (broad SMARTS) is 1. The zero-order chi connectivity index (χ0) is 11.7. The Hall–Kier alpha value is -1.26. The Kier molecular flexibility index (Phi) is 3.03. The van der Waals surface area contributed by atoms with Crippen LogP contribution in [-0.4, -0.2) is 29.2 Å². The van der Waals surface area contributed by atoms with Gasteiger partial charge in [-0.3, -0.25) is 4.79 Å². The van der Waals surface area contributed by atoms with E-state index in [4.69, 9.17) is 5.11 Å². The molecule has 5 nitrogen and oxygen atoms in total. The molecule has 2 saturated carbocycles. The number of rotatable bonds is 5. The van der Waals surface area contributed by atoms with Crippen molar-refractivity contribution in [3.8, 4) is 0 Å². The minimum Gasteiger partial charge on any atom is -0.481 e. The molecule has 0 aromatic rings. The lowest BCUT2D eigenvalue weighted by molar-refractivity contribution is -0.137. The molecule has 90 valence electrons. The third kappa shape index (κ3) is 3.12. The molecule has 2 aliphatic rings. The Bertz CT molecular complexity index is 302. The molecule has 2 fully saturated rings. The van der Waals surface area contributed by atoms with Crippen LogP contribution in [0.25, 0.3) is 0 Å². The summed E-state index contributed by atoms with van der Waals surface area (Å²) < 4.78 is 0. The molecule has 0 aliphatic heterocycles. The van der Waals surface area contributed by atoms with Gasteiger partial charge in [-0.05, 0) is 31.1 Å². The summed E-state index contributed by atoms with van der Waals surface area (Å²) >= 11 is 0. The molecular formula is C11H18N2O3. The molecule has 2 aliphatic carbocycles. The lowest BCUT2D eigenvalue weighted by Crippen LogP contribution is -2.45. The first-order valence-corrected chi connectivity index (χ1v) is 5.85. The van der Waals surface area contributed by atoms with Crippen molar-refractivity contribution in [1.82, 2.24) is 10.6 Å². The Balaban J connectivity index is 1.75. The van der Waals surface area contributed by atoms with Crippen molar-refractivity contribution < 1.29 is 14.7 Å². The molecule has 0 aromatic carbocycles. The smallest absolute Gasteiger partial charge is 0.315 e. The van der Waals surface area contributed by atoms with E-state index in [-0.39, 0.29) is 24.5 Å². The molecule has 0 radical (unpaired) electrons. The molecule has 16 heavy (non-hydrogen) atoms. The molecule has 2 rings (SSSR count). The van der Waals surface area contributed by atoms with E-state index in [9.17, 15) is 9.59 Å². The van der Waals surface area contributed by atoms with Gasteiger partial charge in [0.25, 0.3) is 0 Å². The summed E-state index contributed by atoms with van der Waals surface area (Å²) in [5.41, 5.74) is 0. The minimum atomic E-state index is -0.850. The molecule has 0 bridgehead atoms. The fraction of sp³-hybridized carbons (Fsp3) is 0.818. The number of urea groups is 1. The Morgan fingerprint density at radius 3 is 2.50 bits per heavy atom. The van der Waals surface area contributed by atoms with Gasteiger partial charge in [0.15, 0.2) is 0 Å². The number of carboxylic acids is 1. The monoisotopic (exact) mass is 226 g/mol. The highest BCUT2D eigenvalue weighted by Gasteiger charge is 2.37. The first-order valence-electron chi connectivity index (χ1n) is 5.85. The molecule has 0 saturated heterocycles. The summed E-state index contributed by atoms with van der Waals surface area (Å²) in [5.74, 6) is 0.0695. The Morgan fingerprint density at radius 1 is 1.44 bits per heavy atom. The van der Waals surface area contributed by atoms with Crippen LogP contribution in [0.2, 0.25) is 0 Å². The molecular weight excluding hydrogens is 208 g/mol. The molecule has 3 unspecified atom stereocenters. The highest BCUT2D eigenvalue weighted by Crippen LogP contribution is 2.34. The highest BCUT2D eigenvalue weighted by atomic mass is 16.4. The van der Waals surface area contributed by atoms with E-state index in [1.165, 1.54) is 0 Å². The van der Waals surface area contributed by atoms with Gasteiger partial charge in [0.2, 0.25) is 0 Å². The molecule has 0 aromatic heterocycles. The first kappa shape index (κ1) is 11.2. The Labute approximate surface area is 94.6 Å². The van der Waals surface area contributed by atoms with Crippen molar-refractivity contribution in [2.75, 3.05) is 0 Å². The predicted octanol–water partition coefficient (Wildman–Crippen LogP) is 0.947. The zero-order valence-electron chi connectivity index (χ0n) is 9.40. The number of hydrogen-bond donors (Lipinski definition) is 3. The summed E-state index contributed by atoms with van der Waals surface area (Å²) in [7, 11) is 0. The normalized spacial score (nSPS) is 29.3. The van der Waals surface area contributed by atoms with Gasteiger partial charge in [0.1, 0.15) is 0 Å². The van der Waals surface area contributed by atoms with E-state index in [1.54, 1.807) is 0 Å². The number of hydrogen-bond acceptors (Lipinski definition) is 2. The number of carbonyl (C=O) groups excluding carboxylic acids is 1. The van der Waals surface area contributed by atoms with Crippen LogP contribution in [0, 0.1) is 11.8 Å². The fourth-order valence-corrected chi connectivity index (χ4v) is 1.92. The molecule has 0 spiro atoms. The number of amides is 2. The summed E-state index contributed by atoms with van der Waals surface area (Å²) in [6.07, 6.45) is 3.11. The van der Waals surface area contributed by atoms with Gasteiger partial charge >= 0.3 is 12.0 Å². The van der Waals surface area contributed by atoms with Crippen LogP contribution in [0.1, 0.15) is 32.6 Å². The van der Waals surface area contributed by atoms with Crippen molar-refractivity contribution in [3.63, 3.8) is 0 Å². The lowest BCUT2D eigenvalue weighted by atomic mass is 10.1. The highest BCUT2D eigenvalue weighted by molar-refractivity contribution is 5.76. The average Bonchev–Trinajstić information content (AvgIpc) is 3.01. The van der Waals surface area contributed by atoms with E-state index < -0.39 is 5.97 Å². The molecule has 3 atom stereocenters. The molecule has 5 heteroatoms. The molecule has 2 amide bonds. The standard InChI is InChI=1S/C11H18N2O3/c1-6-4-8(6)12-11(16)13-9(5-10(14)15)7-2-3-7/h6-9H,2-5H2,1H3,(H,14,15)(H2,12,13,16). The van der Waals surface area contributed by atoms with Crippen LogP contribution in [-0.2, 0) is 4.79 Å². The predicted molar refractivity (Wildman–Crippen MR) is 58.0 cm³/mol. The minimum absolute atomic E-state index is 0.0261.